The summed E-state index contributed by atoms with van der Waals surface area (Å²) in [4.78, 5) is 0.00678. The minimum absolute atomic E-state index is 0.00678. The molecule has 0 radical (unpaired) electrons. The van der Waals surface area contributed by atoms with E-state index in [0.717, 1.165) is 5.39 Å². The van der Waals surface area contributed by atoms with Crippen molar-refractivity contribution in [1.82, 2.24) is 10.2 Å². The highest BCUT2D eigenvalue weighted by Crippen LogP contribution is 2.36. The van der Waals surface area contributed by atoms with Crippen LogP contribution in [0.2, 0.25) is 0 Å². The van der Waals surface area contributed by atoms with Crippen molar-refractivity contribution in [1.29, 1.82) is 0 Å². The molecule has 1 aromatic heterocycles. The lowest BCUT2D eigenvalue weighted by atomic mass is 10.0. The fourth-order valence-corrected chi connectivity index (χ4v) is 4.76. The molecule has 0 unspecified atom stereocenters. The number of ether oxygens (including phenoxy) is 2. The maximum absolute atomic E-state index is 13.1. The summed E-state index contributed by atoms with van der Waals surface area (Å²) in [5, 5.41) is 19.8. The van der Waals surface area contributed by atoms with Gasteiger partial charge in [-0.25, -0.2) is 8.42 Å². The number of nitrogens with zero attached hydrogens (tertiary/aromatic N) is 2. The topological polar surface area (TPSA) is 111 Å². The Kier molecular flexibility index (Phi) is 4.40. The van der Waals surface area contributed by atoms with E-state index >= 15 is 0 Å². The van der Waals surface area contributed by atoms with Crippen LogP contribution >= 0.6 is 0 Å². The highest BCUT2D eigenvalue weighted by Gasteiger charge is 2.22. The van der Waals surface area contributed by atoms with Crippen LogP contribution in [0.25, 0.3) is 22.0 Å². The first-order valence-corrected chi connectivity index (χ1v) is 10.9. The number of phenolic OH excluding ortho intramolecular Hbond substituents is 1. The van der Waals surface area contributed by atoms with E-state index in [-0.39, 0.29) is 23.1 Å². The third kappa shape index (κ3) is 3.38. The standard InChI is InChI=1S/C22H17N3O5S/c1-13-22(31(27,28)25-14-6-9-20-21(10-14)30-12-29-20)11-18(24-23-13)16-7-8-19(26)17-5-3-2-4-15(16)17/h2-11,25-26H,12H2,1H3. The summed E-state index contributed by atoms with van der Waals surface area (Å²) < 4.78 is 39.4. The van der Waals surface area contributed by atoms with Crippen molar-refractivity contribution in [2.45, 2.75) is 11.8 Å². The van der Waals surface area contributed by atoms with Gasteiger partial charge in [0, 0.05) is 17.0 Å². The van der Waals surface area contributed by atoms with E-state index in [1.807, 2.05) is 18.2 Å². The van der Waals surface area contributed by atoms with E-state index in [0.29, 0.717) is 33.8 Å². The Labute approximate surface area is 178 Å². The summed E-state index contributed by atoms with van der Waals surface area (Å²) in [6.07, 6.45) is 0. The number of anilines is 1. The Morgan fingerprint density at radius 3 is 2.55 bits per heavy atom. The van der Waals surface area contributed by atoms with Crippen molar-refractivity contribution in [2.75, 3.05) is 11.5 Å². The second kappa shape index (κ2) is 7.13. The smallest absolute Gasteiger partial charge is 0.263 e. The fourth-order valence-electron chi connectivity index (χ4n) is 3.52. The number of aromatic hydroxyl groups is 1. The van der Waals surface area contributed by atoms with Crippen molar-refractivity contribution >= 4 is 26.5 Å². The third-order valence-corrected chi connectivity index (χ3v) is 6.52. The third-order valence-electron chi connectivity index (χ3n) is 5.02. The molecule has 0 bridgehead atoms. The molecule has 2 heterocycles. The molecular weight excluding hydrogens is 418 g/mol. The number of aromatic nitrogens is 2. The van der Waals surface area contributed by atoms with Gasteiger partial charge in [0.1, 0.15) is 10.6 Å². The molecular formula is C22H17N3O5S. The number of nitrogens with one attached hydrogen (secondary N) is 1. The van der Waals surface area contributed by atoms with Crippen LogP contribution in [0.4, 0.5) is 5.69 Å². The van der Waals surface area contributed by atoms with Crippen molar-refractivity contribution in [3.8, 4) is 28.5 Å². The number of fused-ring (bicyclic) bond motifs is 2. The van der Waals surface area contributed by atoms with Crippen LogP contribution in [0, 0.1) is 6.92 Å². The highest BCUT2D eigenvalue weighted by molar-refractivity contribution is 7.92. The molecule has 156 valence electrons. The van der Waals surface area contributed by atoms with Crippen LogP contribution in [0.1, 0.15) is 5.69 Å². The van der Waals surface area contributed by atoms with E-state index in [1.54, 1.807) is 43.3 Å². The van der Waals surface area contributed by atoms with Crippen LogP contribution in [0.5, 0.6) is 17.2 Å². The summed E-state index contributed by atoms with van der Waals surface area (Å²) in [6, 6.07) is 16.8. The summed E-state index contributed by atoms with van der Waals surface area (Å²) in [6.45, 7) is 1.68. The molecule has 3 aromatic carbocycles. The molecule has 31 heavy (non-hydrogen) atoms. The molecule has 8 nitrogen and oxygen atoms in total. The van der Waals surface area contributed by atoms with Crippen LogP contribution in [-0.2, 0) is 10.0 Å². The van der Waals surface area contributed by atoms with Gasteiger partial charge in [-0.3, -0.25) is 4.72 Å². The van der Waals surface area contributed by atoms with Crippen molar-refractivity contribution in [3.05, 3.63) is 66.4 Å². The minimum Gasteiger partial charge on any atom is -0.507 e. The van der Waals surface area contributed by atoms with Crippen molar-refractivity contribution < 1.29 is 23.0 Å². The van der Waals surface area contributed by atoms with E-state index in [9.17, 15) is 13.5 Å². The zero-order valence-corrected chi connectivity index (χ0v) is 17.2. The molecule has 0 spiro atoms. The Morgan fingerprint density at radius 1 is 0.935 bits per heavy atom. The Bertz CT molecular complexity index is 1440. The molecule has 9 heteroatoms. The van der Waals surface area contributed by atoms with E-state index < -0.39 is 10.0 Å². The lowest BCUT2D eigenvalue weighted by Gasteiger charge is -2.12. The van der Waals surface area contributed by atoms with Gasteiger partial charge in [0.2, 0.25) is 6.79 Å². The molecule has 0 saturated carbocycles. The predicted molar refractivity (Wildman–Crippen MR) is 115 cm³/mol. The van der Waals surface area contributed by atoms with Crippen LogP contribution in [0.3, 0.4) is 0 Å². The molecule has 0 aliphatic carbocycles. The number of hydrogen-bond donors (Lipinski definition) is 2. The van der Waals surface area contributed by atoms with E-state index in [2.05, 4.69) is 14.9 Å². The zero-order chi connectivity index (χ0) is 21.6. The largest absolute Gasteiger partial charge is 0.507 e. The second-order valence-corrected chi connectivity index (χ2v) is 8.68. The lowest BCUT2D eigenvalue weighted by molar-refractivity contribution is 0.174. The zero-order valence-electron chi connectivity index (χ0n) is 16.4. The Hall–Kier alpha value is -3.85. The first-order chi connectivity index (χ1) is 14.9. The summed E-state index contributed by atoms with van der Waals surface area (Å²) in [7, 11) is -3.95. The average molecular weight is 435 g/mol. The van der Waals surface area contributed by atoms with Crippen LogP contribution in [-0.4, -0.2) is 30.5 Å². The number of benzene rings is 3. The first-order valence-electron chi connectivity index (χ1n) is 9.40. The lowest BCUT2D eigenvalue weighted by Crippen LogP contribution is -2.15. The first kappa shape index (κ1) is 19.1. The molecule has 1 aliphatic heterocycles. The molecule has 2 N–H and O–H groups in total. The van der Waals surface area contributed by atoms with Gasteiger partial charge in [-0.05, 0) is 42.6 Å². The highest BCUT2D eigenvalue weighted by atomic mass is 32.2. The van der Waals surface area contributed by atoms with Gasteiger partial charge in [0.25, 0.3) is 10.0 Å². The Balaban J connectivity index is 1.57. The van der Waals surface area contributed by atoms with E-state index in [1.165, 1.54) is 6.07 Å². The van der Waals surface area contributed by atoms with Crippen molar-refractivity contribution in [3.63, 3.8) is 0 Å². The number of hydrogen-bond acceptors (Lipinski definition) is 7. The number of aryl methyl sites for hydroxylation is 1. The number of sulfonamides is 1. The van der Waals surface area contributed by atoms with Gasteiger partial charge in [0.05, 0.1) is 17.1 Å². The Morgan fingerprint density at radius 2 is 1.71 bits per heavy atom. The quantitative estimate of drug-likeness (QED) is 0.501. The minimum atomic E-state index is -3.95. The molecule has 0 atom stereocenters. The van der Waals surface area contributed by atoms with Gasteiger partial charge in [0.15, 0.2) is 11.5 Å². The van der Waals surface area contributed by atoms with E-state index in [4.69, 9.17) is 9.47 Å². The summed E-state index contributed by atoms with van der Waals surface area (Å²) in [5.74, 6) is 1.17. The monoisotopic (exact) mass is 435 g/mol. The van der Waals surface area contributed by atoms with Crippen LogP contribution < -0.4 is 14.2 Å². The molecule has 0 fully saturated rings. The van der Waals surface area contributed by atoms with Crippen molar-refractivity contribution in [2.24, 2.45) is 0 Å². The van der Waals surface area contributed by atoms with Gasteiger partial charge in [-0.2, -0.15) is 10.2 Å². The van der Waals surface area contributed by atoms with Gasteiger partial charge < -0.3 is 14.6 Å². The molecule has 0 saturated heterocycles. The fraction of sp³-hybridized carbons (Fsp3) is 0.0909. The maximum Gasteiger partial charge on any atom is 0.263 e. The normalized spacial score (nSPS) is 12.8. The second-order valence-electron chi connectivity index (χ2n) is 7.03. The van der Waals surface area contributed by atoms with Gasteiger partial charge in [-0.15, -0.1) is 0 Å². The number of phenols is 1. The predicted octanol–water partition coefficient (Wildman–Crippen LogP) is 3.84. The summed E-state index contributed by atoms with van der Waals surface area (Å²) >= 11 is 0. The van der Waals surface area contributed by atoms with Crippen LogP contribution in [0.15, 0.2) is 65.6 Å². The molecule has 4 aromatic rings. The average Bonchev–Trinajstić information content (AvgIpc) is 3.22. The van der Waals surface area contributed by atoms with Gasteiger partial charge in [-0.1, -0.05) is 24.3 Å². The maximum atomic E-state index is 13.1. The van der Waals surface area contributed by atoms with Gasteiger partial charge >= 0.3 is 0 Å². The summed E-state index contributed by atoms with van der Waals surface area (Å²) in [5.41, 5.74) is 1.66. The number of rotatable bonds is 4. The molecule has 5 rings (SSSR count). The molecule has 1 aliphatic rings. The molecule has 0 amide bonds. The SMILES string of the molecule is Cc1nnc(-c2ccc(O)c3ccccc23)cc1S(=O)(=O)Nc1ccc2c(c1)OCO2.